The quantitative estimate of drug-likeness (QED) is 0.938. The maximum atomic E-state index is 11.4. The molecule has 1 fully saturated rings. The first-order valence-electron chi connectivity index (χ1n) is 6.81. The predicted octanol–water partition coefficient (Wildman–Crippen LogP) is 3.33. The van der Waals surface area contributed by atoms with E-state index in [0.717, 1.165) is 23.4 Å². The van der Waals surface area contributed by atoms with Crippen LogP contribution in [0.5, 0.6) is 0 Å². The Morgan fingerprint density at radius 1 is 1.50 bits per heavy atom. The summed E-state index contributed by atoms with van der Waals surface area (Å²) in [5.74, 6) is 0.0117. The van der Waals surface area contributed by atoms with E-state index in [2.05, 4.69) is 15.8 Å². The molecular formula is C15H18N2O2S. The van der Waals surface area contributed by atoms with Crippen LogP contribution in [-0.4, -0.2) is 31.6 Å². The summed E-state index contributed by atoms with van der Waals surface area (Å²) in [7, 11) is 0. The Kier molecular flexibility index (Phi) is 3.24. The number of carboxylic acids is 1. The highest BCUT2D eigenvalue weighted by molar-refractivity contribution is 8.00. The lowest BCUT2D eigenvalue weighted by molar-refractivity contribution is 0.0698. The van der Waals surface area contributed by atoms with Crippen molar-refractivity contribution < 1.29 is 9.90 Å². The zero-order chi connectivity index (χ0) is 14.3. The van der Waals surface area contributed by atoms with Crippen molar-refractivity contribution in [2.24, 2.45) is 0 Å². The lowest BCUT2D eigenvalue weighted by Crippen LogP contribution is -2.38. The van der Waals surface area contributed by atoms with Gasteiger partial charge in [-0.1, -0.05) is 12.5 Å². The van der Waals surface area contributed by atoms with E-state index in [1.807, 2.05) is 24.8 Å². The van der Waals surface area contributed by atoms with E-state index in [0.29, 0.717) is 5.56 Å². The van der Waals surface area contributed by atoms with Gasteiger partial charge in [-0.25, -0.2) is 9.78 Å². The van der Waals surface area contributed by atoms with Crippen LogP contribution in [0.1, 0.15) is 35.4 Å². The summed E-state index contributed by atoms with van der Waals surface area (Å²) in [5, 5.41) is 9.40. The van der Waals surface area contributed by atoms with Gasteiger partial charge in [0.2, 0.25) is 0 Å². The fraction of sp³-hybridized carbons (Fsp3) is 0.467. The lowest BCUT2D eigenvalue weighted by atomic mass is 9.84. The van der Waals surface area contributed by atoms with E-state index in [1.165, 1.54) is 19.3 Å². The topological polar surface area (TPSA) is 55.1 Å². The molecule has 106 valence electrons. The molecule has 1 aliphatic carbocycles. The number of aromatic carboxylic acids is 1. The number of benzene rings is 1. The van der Waals surface area contributed by atoms with Crippen molar-refractivity contribution in [2.45, 2.75) is 37.5 Å². The van der Waals surface area contributed by atoms with Gasteiger partial charge >= 0.3 is 5.97 Å². The van der Waals surface area contributed by atoms with Gasteiger partial charge in [0.15, 0.2) is 0 Å². The number of fused-ring (bicyclic) bond motifs is 1. The van der Waals surface area contributed by atoms with Crippen molar-refractivity contribution >= 4 is 28.8 Å². The van der Waals surface area contributed by atoms with Crippen LogP contribution in [0.25, 0.3) is 11.0 Å². The van der Waals surface area contributed by atoms with Gasteiger partial charge in [-0.3, -0.25) is 0 Å². The maximum Gasteiger partial charge on any atom is 0.337 e. The van der Waals surface area contributed by atoms with Gasteiger partial charge in [-0.05, 0) is 38.2 Å². The normalized spacial score (nSPS) is 17.1. The number of hydrogen-bond acceptors (Lipinski definition) is 3. The maximum absolute atomic E-state index is 11.4. The van der Waals surface area contributed by atoms with Crippen LogP contribution in [0.4, 0.5) is 0 Å². The minimum atomic E-state index is -0.886. The van der Waals surface area contributed by atoms with Crippen molar-refractivity contribution in [3.63, 3.8) is 0 Å². The van der Waals surface area contributed by atoms with Crippen molar-refractivity contribution in [3.05, 3.63) is 29.6 Å². The Labute approximate surface area is 122 Å². The molecule has 0 spiro atoms. The van der Waals surface area contributed by atoms with Crippen LogP contribution in [0, 0.1) is 6.92 Å². The molecule has 0 aliphatic heterocycles. The summed E-state index contributed by atoms with van der Waals surface area (Å²) in [5.41, 5.74) is 1.88. The number of para-hydroxylation sites is 1. The molecule has 4 nitrogen and oxygen atoms in total. The van der Waals surface area contributed by atoms with Crippen molar-refractivity contribution in [2.75, 3.05) is 6.26 Å². The number of aromatic nitrogens is 2. The third-order valence-corrected chi connectivity index (χ3v) is 5.74. The molecule has 1 saturated carbocycles. The van der Waals surface area contributed by atoms with Gasteiger partial charge in [-0.15, -0.1) is 0 Å². The van der Waals surface area contributed by atoms with E-state index in [9.17, 15) is 9.90 Å². The number of aryl methyl sites for hydroxylation is 1. The van der Waals surface area contributed by atoms with Crippen LogP contribution in [-0.2, 0) is 6.54 Å². The highest BCUT2D eigenvalue weighted by Crippen LogP contribution is 2.44. The Hall–Kier alpha value is -1.49. The summed E-state index contributed by atoms with van der Waals surface area (Å²) in [6, 6.07) is 5.31. The van der Waals surface area contributed by atoms with Gasteiger partial charge in [0.05, 0.1) is 16.6 Å². The molecule has 1 aromatic heterocycles. The molecule has 0 amide bonds. The molecule has 20 heavy (non-hydrogen) atoms. The average Bonchev–Trinajstić information content (AvgIpc) is 2.69. The molecule has 1 aliphatic rings. The smallest absolute Gasteiger partial charge is 0.337 e. The number of imidazole rings is 1. The molecule has 1 heterocycles. The van der Waals surface area contributed by atoms with E-state index in [-0.39, 0.29) is 4.75 Å². The number of thioether (sulfide) groups is 1. The first-order chi connectivity index (χ1) is 9.56. The summed E-state index contributed by atoms with van der Waals surface area (Å²) >= 11 is 1.89. The van der Waals surface area contributed by atoms with E-state index in [4.69, 9.17) is 0 Å². The summed E-state index contributed by atoms with van der Waals surface area (Å²) in [6.45, 7) is 2.80. The van der Waals surface area contributed by atoms with Crippen LogP contribution in [0.15, 0.2) is 18.2 Å². The molecule has 1 N–H and O–H groups in total. The first-order valence-corrected chi connectivity index (χ1v) is 8.03. The third-order valence-electron chi connectivity index (χ3n) is 4.33. The molecular weight excluding hydrogens is 272 g/mol. The Balaban J connectivity index is 2.14. The minimum Gasteiger partial charge on any atom is -0.478 e. The van der Waals surface area contributed by atoms with Crippen LogP contribution < -0.4 is 0 Å². The summed E-state index contributed by atoms with van der Waals surface area (Å²) in [4.78, 5) is 16.0. The average molecular weight is 290 g/mol. The standard InChI is InChI=1S/C15H18N2O2S/c1-10-16-12-6-3-5-11(14(18)19)13(12)17(10)9-15(20-2)7-4-8-15/h3,5-6H,4,7-9H2,1-2H3,(H,18,19). The summed E-state index contributed by atoms with van der Waals surface area (Å²) < 4.78 is 2.35. The predicted molar refractivity (Wildman–Crippen MR) is 81.5 cm³/mol. The molecule has 0 atom stereocenters. The van der Waals surface area contributed by atoms with Gasteiger partial charge in [0.1, 0.15) is 5.82 Å². The molecule has 0 radical (unpaired) electrons. The van der Waals surface area contributed by atoms with Crippen molar-refractivity contribution in [3.8, 4) is 0 Å². The second kappa shape index (κ2) is 4.81. The molecule has 2 aromatic rings. The first kappa shape index (κ1) is 13.5. The van der Waals surface area contributed by atoms with Crippen LogP contribution >= 0.6 is 11.8 Å². The molecule has 0 bridgehead atoms. The lowest BCUT2D eigenvalue weighted by Gasteiger charge is -2.41. The number of hydrogen-bond donors (Lipinski definition) is 1. The van der Waals surface area contributed by atoms with Crippen LogP contribution in [0.2, 0.25) is 0 Å². The van der Waals surface area contributed by atoms with E-state index in [1.54, 1.807) is 12.1 Å². The Morgan fingerprint density at radius 2 is 2.25 bits per heavy atom. The number of rotatable bonds is 4. The zero-order valence-electron chi connectivity index (χ0n) is 11.7. The molecule has 3 rings (SSSR count). The SMILES string of the molecule is CSC1(Cn2c(C)nc3cccc(C(=O)O)c32)CCC1. The summed E-state index contributed by atoms with van der Waals surface area (Å²) in [6.07, 6.45) is 5.80. The van der Waals surface area contributed by atoms with Gasteiger partial charge in [-0.2, -0.15) is 11.8 Å². The molecule has 0 saturated heterocycles. The fourth-order valence-electron chi connectivity index (χ4n) is 2.95. The molecule has 1 aromatic carbocycles. The number of nitrogens with zero attached hydrogens (tertiary/aromatic N) is 2. The minimum absolute atomic E-state index is 0.254. The van der Waals surface area contributed by atoms with Gasteiger partial charge < -0.3 is 9.67 Å². The highest BCUT2D eigenvalue weighted by Gasteiger charge is 2.37. The van der Waals surface area contributed by atoms with Crippen LogP contribution in [0.3, 0.4) is 0 Å². The molecule has 0 unspecified atom stereocenters. The van der Waals surface area contributed by atoms with E-state index < -0.39 is 5.97 Å². The van der Waals surface area contributed by atoms with E-state index >= 15 is 0 Å². The zero-order valence-corrected chi connectivity index (χ0v) is 12.5. The van der Waals surface area contributed by atoms with Gasteiger partial charge in [0.25, 0.3) is 0 Å². The second-order valence-electron chi connectivity index (χ2n) is 5.46. The number of carboxylic acid groups (broad SMARTS) is 1. The highest BCUT2D eigenvalue weighted by atomic mass is 32.2. The monoisotopic (exact) mass is 290 g/mol. The largest absolute Gasteiger partial charge is 0.478 e. The fourth-order valence-corrected chi connectivity index (χ4v) is 3.91. The van der Waals surface area contributed by atoms with Crippen molar-refractivity contribution in [1.29, 1.82) is 0 Å². The van der Waals surface area contributed by atoms with Crippen molar-refractivity contribution in [1.82, 2.24) is 9.55 Å². The van der Waals surface area contributed by atoms with Gasteiger partial charge in [0, 0.05) is 11.3 Å². The second-order valence-corrected chi connectivity index (χ2v) is 6.74. The Morgan fingerprint density at radius 3 is 2.80 bits per heavy atom. The Bertz CT molecular complexity index is 668. The number of carbonyl (C=O) groups is 1. The third kappa shape index (κ3) is 2.00. The molecule has 5 heteroatoms.